The van der Waals surface area contributed by atoms with Gasteiger partial charge >= 0.3 is 0 Å². The van der Waals surface area contributed by atoms with Crippen molar-refractivity contribution in [1.82, 2.24) is 25.3 Å². The third kappa shape index (κ3) is 10.8. The maximum absolute atomic E-state index is 14.1. The van der Waals surface area contributed by atoms with Crippen LogP contribution in [0.15, 0.2) is 83.3 Å². The molecule has 0 aromatic rings. The van der Waals surface area contributed by atoms with Crippen molar-refractivity contribution in [3.05, 3.63) is 83.3 Å². The van der Waals surface area contributed by atoms with Gasteiger partial charge in [-0.25, -0.2) is 0 Å². The second kappa shape index (κ2) is 20.4. The van der Waals surface area contributed by atoms with Crippen LogP contribution in [0.1, 0.15) is 91.4 Å². The molecule has 7 rings (SSSR count). The van der Waals surface area contributed by atoms with E-state index in [-0.39, 0.29) is 64.6 Å². The molecule has 0 radical (unpaired) electrons. The number of hydrogen-bond donors (Lipinski definition) is 3. The quantitative estimate of drug-likeness (QED) is 0.0930. The predicted octanol–water partition coefficient (Wildman–Crippen LogP) is 6.83. The summed E-state index contributed by atoms with van der Waals surface area (Å²) in [5.74, 6) is 3.73. The molecule has 0 spiro atoms. The second-order valence-electron chi connectivity index (χ2n) is 19.1. The van der Waals surface area contributed by atoms with E-state index in [4.69, 9.17) is 31.6 Å². The van der Waals surface area contributed by atoms with Crippen LogP contribution in [0, 0.1) is 17.8 Å². The Labute approximate surface area is 371 Å². The molecule has 9 atom stereocenters. The Bertz CT molecular complexity index is 1800. The first-order valence-electron chi connectivity index (χ1n) is 23.0. The first-order valence-corrected chi connectivity index (χ1v) is 23.5. The Kier molecular flexibility index (Phi) is 15.2. The van der Waals surface area contributed by atoms with Crippen molar-refractivity contribution < 1.29 is 28.5 Å². The summed E-state index contributed by atoms with van der Waals surface area (Å²) < 4.78 is 24.9. The lowest BCUT2D eigenvalue weighted by Crippen LogP contribution is -2.47. The Morgan fingerprint density at radius 1 is 0.934 bits per heavy atom. The molecule has 7 aliphatic rings. The summed E-state index contributed by atoms with van der Waals surface area (Å²) in [4.78, 5) is 34.8. The fourth-order valence-corrected chi connectivity index (χ4v) is 11.1. The number of amides is 2. The molecule has 12 heteroatoms. The van der Waals surface area contributed by atoms with E-state index in [1.165, 1.54) is 11.1 Å². The van der Waals surface area contributed by atoms with Gasteiger partial charge in [0, 0.05) is 92.7 Å². The van der Waals surface area contributed by atoms with Crippen molar-refractivity contribution in [2.45, 2.75) is 132 Å². The topological polar surface area (TPSA) is 105 Å². The summed E-state index contributed by atoms with van der Waals surface area (Å²) in [6.07, 6.45) is 24.0. The van der Waals surface area contributed by atoms with Gasteiger partial charge in [0.15, 0.2) is 0 Å². The van der Waals surface area contributed by atoms with Crippen molar-refractivity contribution in [2.24, 2.45) is 17.8 Å². The molecule has 4 heterocycles. The molecular weight excluding hydrogens is 787 g/mol. The summed E-state index contributed by atoms with van der Waals surface area (Å²) in [5, 5.41) is 7.54. The lowest BCUT2D eigenvalue weighted by molar-refractivity contribution is -0.138. The van der Waals surface area contributed by atoms with Gasteiger partial charge < -0.3 is 39.4 Å². The van der Waals surface area contributed by atoms with Crippen molar-refractivity contribution in [3.63, 3.8) is 0 Å². The third-order valence-corrected chi connectivity index (χ3v) is 14.3. The summed E-state index contributed by atoms with van der Waals surface area (Å²) in [6.45, 7) is 14.8. The SMILES string of the molecule is C=C1CC/C=C\CN2C(=O)C3CC(OC)=C(OC/C(=C/[C@@H](CCCOC4=C(OC)C[C@H]5C(=O)N6C7C=CC=C[C@H]7C[C@H]6CN[C@H]5C4)N(C)CC(C)(C)S)CC)C[C@H]3NC[C@@H]2C1. The van der Waals surface area contributed by atoms with E-state index >= 15 is 0 Å². The zero-order chi connectivity index (χ0) is 43.3. The molecule has 2 N–H and O–H groups in total. The molecule has 2 unspecified atom stereocenters. The van der Waals surface area contributed by atoms with Gasteiger partial charge in [0.2, 0.25) is 11.8 Å². The van der Waals surface area contributed by atoms with Crippen molar-refractivity contribution in [2.75, 3.05) is 60.7 Å². The highest BCUT2D eigenvalue weighted by Crippen LogP contribution is 2.41. The first-order chi connectivity index (χ1) is 29.4. The minimum atomic E-state index is -0.199. The van der Waals surface area contributed by atoms with Crippen LogP contribution in [0.4, 0.5) is 0 Å². The lowest BCUT2D eigenvalue weighted by Gasteiger charge is -2.35. The Hall–Kier alpha value is -3.45. The summed E-state index contributed by atoms with van der Waals surface area (Å²) in [5.41, 5.74) is 2.42. The number of hydrogen-bond acceptors (Lipinski definition) is 10. The van der Waals surface area contributed by atoms with Crippen molar-refractivity contribution in [1.29, 1.82) is 0 Å². The number of nitrogens with one attached hydrogen (secondary N) is 2. The standard InChI is InChI=1S/C49H73N5O6S/c1-8-33(30-60-46-27-40-38(24-44(46)58-7)47(55)53-19-13-9-10-15-32(2)21-36(53)28-50-40)22-35(52(5)31-49(3,4)61)17-14-20-59-45-26-41-39(25-43(45)57-6)48(56)54-37(29-51-41)23-34-16-11-12-18-42(34)54/h9,11-13,16,18,22,34-42,50-51,61H,2,8,10,14-15,17,19-21,23-31H2,1,3-7H3/b13-9-,33-22+/t34-,35+,36-,37-,38?,39+,40+,41-,42?/m0/s1. The van der Waals surface area contributed by atoms with Gasteiger partial charge in [0.25, 0.3) is 0 Å². The molecule has 4 aliphatic heterocycles. The minimum absolute atomic E-state index is 0.0147. The Morgan fingerprint density at radius 2 is 1.61 bits per heavy atom. The van der Waals surface area contributed by atoms with Crippen molar-refractivity contribution in [3.8, 4) is 0 Å². The number of allylic oxidation sites excluding steroid dienone is 5. The fourth-order valence-electron chi connectivity index (χ4n) is 10.9. The van der Waals surface area contributed by atoms with Crippen LogP contribution in [-0.4, -0.2) is 128 Å². The molecule has 2 amide bonds. The largest absolute Gasteiger partial charge is 0.498 e. The van der Waals surface area contributed by atoms with Crippen LogP contribution in [-0.2, 0) is 28.5 Å². The highest BCUT2D eigenvalue weighted by molar-refractivity contribution is 7.81. The summed E-state index contributed by atoms with van der Waals surface area (Å²) in [6, 6.07) is 0.611. The maximum Gasteiger partial charge on any atom is 0.228 e. The van der Waals surface area contributed by atoms with E-state index in [0.717, 1.165) is 87.6 Å². The number of fused-ring (bicyclic) bond motifs is 6. The summed E-state index contributed by atoms with van der Waals surface area (Å²) in [7, 11) is 5.57. The molecule has 3 fully saturated rings. The van der Waals surface area contributed by atoms with Crippen LogP contribution >= 0.6 is 12.6 Å². The fraction of sp³-hybridized carbons (Fsp3) is 0.673. The number of carbonyl (C=O) groups is 2. The average molecular weight is 860 g/mol. The van der Waals surface area contributed by atoms with Gasteiger partial charge in [-0.2, -0.15) is 12.6 Å². The Balaban J connectivity index is 0.981. The molecule has 336 valence electrons. The minimum Gasteiger partial charge on any atom is -0.498 e. The van der Waals surface area contributed by atoms with E-state index < -0.39 is 0 Å². The van der Waals surface area contributed by atoms with Crippen molar-refractivity contribution >= 4 is 24.4 Å². The van der Waals surface area contributed by atoms with Crippen LogP contribution in [0.25, 0.3) is 0 Å². The molecule has 61 heavy (non-hydrogen) atoms. The van der Waals surface area contributed by atoms with Gasteiger partial charge in [0.05, 0.1) is 38.7 Å². The van der Waals surface area contributed by atoms with Gasteiger partial charge in [-0.05, 0) is 71.4 Å². The molecule has 0 aromatic carbocycles. The predicted molar refractivity (Wildman–Crippen MR) is 245 cm³/mol. The van der Waals surface area contributed by atoms with Gasteiger partial charge in [-0.15, -0.1) is 0 Å². The monoisotopic (exact) mass is 860 g/mol. The normalized spacial score (nSPS) is 31.8. The number of rotatable bonds is 15. The van der Waals surface area contributed by atoms with E-state index in [2.05, 4.69) is 102 Å². The number of carbonyl (C=O) groups excluding carboxylic acids is 2. The molecule has 0 bridgehead atoms. The smallest absolute Gasteiger partial charge is 0.228 e. The van der Waals surface area contributed by atoms with Crippen LogP contribution in [0.3, 0.4) is 0 Å². The van der Waals surface area contributed by atoms with Crippen LogP contribution < -0.4 is 10.6 Å². The summed E-state index contributed by atoms with van der Waals surface area (Å²) >= 11 is 4.89. The zero-order valence-electron chi connectivity index (χ0n) is 37.7. The second-order valence-corrected chi connectivity index (χ2v) is 20.3. The van der Waals surface area contributed by atoms with E-state index in [1.54, 1.807) is 14.2 Å². The van der Waals surface area contributed by atoms with E-state index in [0.29, 0.717) is 51.4 Å². The number of nitrogens with zero attached hydrogens (tertiary/aromatic N) is 3. The van der Waals surface area contributed by atoms with E-state index in [9.17, 15) is 9.59 Å². The molecule has 11 nitrogen and oxygen atoms in total. The molecule has 0 aromatic heterocycles. The number of ether oxygens (including phenoxy) is 4. The lowest BCUT2D eigenvalue weighted by atomic mass is 9.85. The number of likely N-dealkylation sites (N-methyl/N-ethyl adjacent to an activating group) is 1. The van der Waals surface area contributed by atoms with Crippen LogP contribution in [0.2, 0.25) is 0 Å². The average Bonchev–Trinajstić information content (AvgIpc) is 3.54. The maximum atomic E-state index is 14.1. The third-order valence-electron chi connectivity index (χ3n) is 14.1. The molecule has 3 aliphatic carbocycles. The van der Waals surface area contributed by atoms with E-state index in [1.807, 2.05) is 0 Å². The molecule has 3 saturated heterocycles. The molecule has 0 saturated carbocycles. The van der Waals surface area contributed by atoms with Gasteiger partial charge in [0.1, 0.15) is 29.6 Å². The van der Waals surface area contributed by atoms with Gasteiger partial charge in [-0.3, -0.25) is 14.5 Å². The Morgan fingerprint density at radius 3 is 2.30 bits per heavy atom. The number of thiol groups is 1. The van der Waals surface area contributed by atoms with Gasteiger partial charge in [-0.1, -0.05) is 61.6 Å². The highest BCUT2D eigenvalue weighted by atomic mass is 32.1. The zero-order valence-corrected chi connectivity index (χ0v) is 38.6. The van der Waals surface area contributed by atoms with Crippen LogP contribution in [0.5, 0.6) is 0 Å². The number of methoxy groups -OCH3 is 2. The first kappa shape index (κ1) is 45.6. The molecular formula is C49H73N5O6S. The highest BCUT2D eigenvalue weighted by Gasteiger charge is 2.49.